The first-order valence-corrected chi connectivity index (χ1v) is 8.71. The molecule has 0 bridgehead atoms. The van der Waals surface area contributed by atoms with E-state index in [4.69, 9.17) is 0 Å². The molecule has 5 nitrogen and oxygen atoms in total. The fourth-order valence-electron chi connectivity index (χ4n) is 3.24. The Morgan fingerprint density at radius 1 is 1.08 bits per heavy atom. The number of carbonyl (C=O) groups is 2. The number of aromatic nitrogens is 1. The number of pyridine rings is 1. The van der Waals surface area contributed by atoms with Crippen LogP contribution in [0.1, 0.15) is 49.4 Å². The molecule has 1 fully saturated rings. The molecule has 1 saturated heterocycles. The van der Waals surface area contributed by atoms with E-state index in [-0.39, 0.29) is 17.9 Å². The normalized spacial score (nSPS) is 17.0. The van der Waals surface area contributed by atoms with Gasteiger partial charge >= 0.3 is 0 Å². The lowest BCUT2D eigenvalue weighted by Gasteiger charge is -2.34. The van der Waals surface area contributed by atoms with Crippen molar-refractivity contribution in [3.8, 4) is 0 Å². The van der Waals surface area contributed by atoms with Gasteiger partial charge in [0.1, 0.15) is 6.04 Å². The van der Waals surface area contributed by atoms with Crippen molar-refractivity contribution in [2.45, 2.75) is 38.3 Å². The van der Waals surface area contributed by atoms with Crippen LogP contribution in [0.5, 0.6) is 0 Å². The summed E-state index contributed by atoms with van der Waals surface area (Å²) in [4.78, 5) is 31.2. The summed E-state index contributed by atoms with van der Waals surface area (Å²) in [5.41, 5.74) is 1.83. The van der Waals surface area contributed by atoms with Gasteiger partial charge in [0.2, 0.25) is 11.8 Å². The van der Waals surface area contributed by atoms with Crippen LogP contribution in [0.2, 0.25) is 0 Å². The van der Waals surface area contributed by atoms with Crippen molar-refractivity contribution in [2.24, 2.45) is 0 Å². The predicted molar refractivity (Wildman–Crippen MR) is 95.5 cm³/mol. The number of rotatable bonds is 5. The summed E-state index contributed by atoms with van der Waals surface area (Å²) in [6, 6.07) is 12.6. The topological polar surface area (TPSA) is 62.3 Å². The number of piperidine rings is 1. The van der Waals surface area contributed by atoms with E-state index in [1.807, 2.05) is 49.4 Å². The Morgan fingerprint density at radius 2 is 1.80 bits per heavy atom. The fraction of sp³-hybridized carbons (Fsp3) is 0.350. The standard InChI is InChI=1S/C20H23N3O2/c1-15(16-10-12-21-13-11-16)22-20(25)19(17-7-3-2-4-8-17)23-14-6-5-9-18(23)24/h2-4,7-8,10-13,15,19H,5-6,9,14H2,1H3,(H,22,25)/t15-,19-/m1/s1. The molecule has 2 atom stereocenters. The number of amides is 2. The summed E-state index contributed by atoms with van der Waals surface area (Å²) >= 11 is 0. The summed E-state index contributed by atoms with van der Waals surface area (Å²) in [6.45, 7) is 2.56. The van der Waals surface area contributed by atoms with Crippen LogP contribution in [0.15, 0.2) is 54.9 Å². The van der Waals surface area contributed by atoms with Crippen molar-refractivity contribution in [3.05, 3.63) is 66.0 Å². The van der Waals surface area contributed by atoms with Crippen LogP contribution in [0.4, 0.5) is 0 Å². The lowest BCUT2D eigenvalue weighted by atomic mass is 9.99. The van der Waals surface area contributed by atoms with E-state index >= 15 is 0 Å². The van der Waals surface area contributed by atoms with Crippen LogP contribution in [0.3, 0.4) is 0 Å². The van der Waals surface area contributed by atoms with Gasteiger partial charge in [-0.15, -0.1) is 0 Å². The molecule has 3 rings (SSSR count). The van der Waals surface area contributed by atoms with Gasteiger partial charge in [0.05, 0.1) is 6.04 Å². The maximum absolute atomic E-state index is 13.1. The van der Waals surface area contributed by atoms with Crippen LogP contribution in [-0.2, 0) is 9.59 Å². The largest absolute Gasteiger partial charge is 0.347 e. The van der Waals surface area contributed by atoms with E-state index in [9.17, 15) is 9.59 Å². The summed E-state index contributed by atoms with van der Waals surface area (Å²) in [5.74, 6) is -0.0995. The average Bonchev–Trinajstić information content (AvgIpc) is 2.65. The van der Waals surface area contributed by atoms with Gasteiger partial charge in [-0.25, -0.2) is 0 Å². The van der Waals surface area contributed by atoms with Crippen LogP contribution in [-0.4, -0.2) is 28.2 Å². The lowest BCUT2D eigenvalue weighted by molar-refractivity contribution is -0.143. The van der Waals surface area contributed by atoms with Crippen LogP contribution in [0.25, 0.3) is 0 Å². The molecule has 5 heteroatoms. The van der Waals surface area contributed by atoms with Gasteiger partial charge < -0.3 is 10.2 Å². The monoisotopic (exact) mass is 337 g/mol. The Balaban J connectivity index is 1.83. The molecule has 1 aromatic heterocycles. The Hall–Kier alpha value is -2.69. The summed E-state index contributed by atoms with van der Waals surface area (Å²) in [7, 11) is 0. The quantitative estimate of drug-likeness (QED) is 0.912. The van der Waals surface area contributed by atoms with Gasteiger partial charge in [-0.1, -0.05) is 30.3 Å². The van der Waals surface area contributed by atoms with E-state index < -0.39 is 6.04 Å². The van der Waals surface area contributed by atoms with Crippen molar-refractivity contribution in [3.63, 3.8) is 0 Å². The minimum Gasteiger partial charge on any atom is -0.347 e. The van der Waals surface area contributed by atoms with Crippen LogP contribution < -0.4 is 5.32 Å². The maximum Gasteiger partial charge on any atom is 0.247 e. The van der Waals surface area contributed by atoms with Gasteiger partial charge in [0.15, 0.2) is 0 Å². The first-order valence-electron chi connectivity index (χ1n) is 8.71. The maximum atomic E-state index is 13.1. The van der Waals surface area contributed by atoms with Crippen LogP contribution >= 0.6 is 0 Å². The number of carbonyl (C=O) groups excluding carboxylic acids is 2. The summed E-state index contributed by atoms with van der Waals surface area (Å²) < 4.78 is 0. The number of likely N-dealkylation sites (tertiary alicyclic amines) is 1. The van der Waals surface area contributed by atoms with E-state index in [0.717, 1.165) is 24.0 Å². The minimum atomic E-state index is -0.585. The second-order valence-electron chi connectivity index (χ2n) is 6.37. The molecule has 0 aliphatic carbocycles. The molecule has 1 aliphatic heterocycles. The zero-order valence-electron chi connectivity index (χ0n) is 14.4. The molecule has 0 radical (unpaired) electrons. The highest BCUT2D eigenvalue weighted by molar-refractivity contribution is 5.89. The van der Waals surface area contributed by atoms with Gasteiger partial charge in [0.25, 0.3) is 0 Å². The second-order valence-corrected chi connectivity index (χ2v) is 6.37. The number of nitrogens with one attached hydrogen (secondary N) is 1. The summed E-state index contributed by atoms with van der Waals surface area (Å²) in [6.07, 6.45) is 5.76. The van der Waals surface area contributed by atoms with Crippen molar-refractivity contribution in [1.29, 1.82) is 0 Å². The average molecular weight is 337 g/mol. The van der Waals surface area contributed by atoms with E-state index in [2.05, 4.69) is 10.3 Å². The minimum absolute atomic E-state index is 0.0480. The Kier molecular flexibility index (Phi) is 5.43. The Labute approximate surface area is 148 Å². The molecular weight excluding hydrogens is 314 g/mol. The number of hydrogen-bond acceptors (Lipinski definition) is 3. The highest BCUT2D eigenvalue weighted by Gasteiger charge is 2.33. The molecule has 2 heterocycles. The molecule has 0 saturated carbocycles. The highest BCUT2D eigenvalue weighted by Crippen LogP contribution is 2.26. The number of hydrogen-bond donors (Lipinski definition) is 1. The molecule has 0 unspecified atom stereocenters. The molecule has 0 spiro atoms. The zero-order chi connectivity index (χ0) is 17.6. The van der Waals surface area contributed by atoms with Crippen LogP contribution in [0, 0.1) is 0 Å². The number of nitrogens with zero attached hydrogens (tertiary/aromatic N) is 2. The second kappa shape index (κ2) is 7.92. The fourth-order valence-corrected chi connectivity index (χ4v) is 3.24. The van der Waals surface area contributed by atoms with E-state index in [0.29, 0.717) is 13.0 Å². The third-order valence-corrected chi connectivity index (χ3v) is 4.60. The third kappa shape index (κ3) is 4.05. The molecule has 25 heavy (non-hydrogen) atoms. The van der Waals surface area contributed by atoms with Crippen molar-refractivity contribution in [1.82, 2.24) is 15.2 Å². The smallest absolute Gasteiger partial charge is 0.247 e. The Morgan fingerprint density at radius 3 is 2.48 bits per heavy atom. The third-order valence-electron chi connectivity index (χ3n) is 4.60. The molecule has 1 N–H and O–H groups in total. The first kappa shape index (κ1) is 17.1. The summed E-state index contributed by atoms with van der Waals surface area (Å²) in [5, 5.41) is 3.05. The van der Waals surface area contributed by atoms with Crippen molar-refractivity contribution in [2.75, 3.05) is 6.54 Å². The molecular formula is C20H23N3O2. The molecule has 130 valence electrons. The number of benzene rings is 1. The lowest BCUT2D eigenvalue weighted by Crippen LogP contribution is -2.46. The van der Waals surface area contributed by atoms with Crippen molar-refractivity contribution < 1.29 is 9.59 Å². The van der Waals surface area contributed by atoms with Gasteiger partial charge in [-0.3, -0.25) is 14.6 Å². The first-order chi connectivity index (χ1) is 12.2. The SMILES string of the molecule is C[C@@H](NC(=O)[C@@H](c1ccccc1)N1CCCCC1=O)c1ccncc1. The molecule has 1 aliphatic rings. The Bertz CT molecular complexity index is 718. The van der Waals surface area contributed by atoms with E-state index in [1.165, 1.54) is 0 Å². The molecule has 2 amide bonds. The van der Waals surface area contributed by atoms with Gasteiger partial charge in [-0.05, 0) is 43.0 Å². The van der Waals surface area contributed by atoms with Gasteiger partial charge in [-0.2, -0.15) is 0 Å². The van der Waals surface area contributed by atoms with Crippen molar-refractivity contribution >= 4 is 11.8 Å². The van der Waals surface area contributed by atoms with Gasteiger partial charge in [0, 0.05) is 25.4 Å². The predicted octanol–water partition coefficient (Wildman–Crippen LogP) is 3.01. The highest BCUT2D eigenvalue weighted by atomic mass is 16.2. The van der Waals surface area contributed by atoms with E-state index in [1.54, 1.807) is 17.3 Å². The molecule has 2 aromatic rings. The molecule has 1 aromatic carbocycles. The zero-order valence-corrected chi connectivity index (χ0v) is 14.4.